The van der Waals surface area contributed by atoms with Gasteiger partial charge in [-0.25, -0.2) is 0 Å². The smallest absolute Gasteiger partial charge is 0.870 e. The number of carbonyl (C=O) groups excluding carboxylic acids is 2. The minimum absolute atomic E-state index is 0. The third-order valence-electron chi connectivity index (χ3n) is 6.48. The summed E-state index contributed by atoms with van der Waals surface area (Å²) < 4.78 is 10.5. The van der Waals surface area contributed by atoms with Gasteiger partial charge in [-0.05, 0) is 51.4 Å². The van der Waals surface area contributed by atoms with Crippen molar-refractivity contribution in [2.75, 3.05) is 14.2 Å². The van der Waals surface area contributed by atoms with Gasteiger partial charge in [-0.15, -0.1) is 0 Å². The number of amides is 2. The summed E-state index contributed by atoms with van der Waals surface area (Å²) in [5, 5.41) is 25.0. The van der Waals surface area contributed by atoms with Crippen molar-refractivity contribution in [1.29, 1.82) is 0 Å². The summed E-state index contributed by atoms with van der Waals surface area (Å²) in [5.41, 5.74) is -0.960. The molecule has 0 aromatic heterocycles. The normalized spacial score (nSPS) is 32.4. The van der Waals surface area contributed by atoms with E-state index in [0.29, 0.717) is 0 Å². The van der Waals surface area contributed by atoms with Gasteiger partial charge in [0.05, 0.1) is 23.3 Å². The molecule has 5 N–H and O–H groups in total. The molecule has 32 heavy (non-hydrogen) atoms. The van der Waals surface area contributed by atoms with Gasteiger partial charge < -0.3 is 35.8 Å². The van der Waals surface area contributed by atoms with Gasteiger partial charge in [-0.2, -0.15) is 0 Å². The molecule has 9 nitrogen and oxygen atoms in total. The molecule has 0 bridgehead atoms. The minimum Gasteiger partial charge on any atom is -0.870 e. The molecule has 2 aliphatic heterocycles. The van der Waals surface area contributed by atoms with E-state index in [2.05, 4.69) is 10.6 Å². The van der Waals surface area contributed by atoms with Crippen molar-refractivity contribution in [1.82, 2.24) is 10.6 Å². The van der Waals surface area contributed by atoms with Crippen LogP contribution >= 0.6 is 0 Å². The first-order valence-corrected chi connectivity index (χ1v) is 9.85. The van der Waals surface area contributed by atoms with Crippen molar-refractivity contribution < 1.29 is 64.3 Å². The minimum atomic E-state index is -0.480. The molecule has 0 saturated heterocycles. The Kier molecular flexibility index (Phi) is 14.0. The maximum absolute atomic E-state index is 11.1. The summed E-state index contributed by atoms with van der Waals surface area (Å²) >= 11 is 0. The molecule has 4 aliphatic rings. The standard InChI is InChI=1S/2C10H15NO3.2CH4.Na.H2O/c2*1-14-7-2-4-10(5-3-7)8(12)6-9(13)11-10;;;;/h2*6-7,12H,2-5H2,1H3,(H,11,13);2*1H4;;1H2/q;;;;+1;/p-1. The third kappa shape index (κ3) is 6.95. The quantitative estimate of drug-likeness (QED) is 0.415. The maximum Gasteiger partial charge on any atom is 1.00 e. The van der Waals surface area contributed by atoms with Crippen LogP contribution in [0.25, 0.3) is 0 Å². The van der Waals surface area contributed by atoms with Crippen LogP contribution in [0.1, 0.15) is 66.2 Å². The van der Waals surface area contributed by atoms with Crippen molar-refractivity contribution in [3.8, 4) is 0 Å². The predicted molar refractivity (Wildman–Crippen MR) is 117 cm³/mol. The first kappa shape index (κ1) is 33.1. The zero-order valence-electron chi connectivity index (χ0n) is 17.9. The summed E-state index contributed by atoms with van der Waals surface area (Å²) in [6, 6.07) is 0. The van der Waals surface area contributed by atoms with E-state index >= 15 is 0 Å². The molecule has 2 saturated carbocycles. The molecule has 0 atom stereocenters. The van der Waals surface area contributed by atoms with Crippen molar-refractivity contribution in [3.05, 3.63) is 23.7 Å². The van der Waals surface area contributed by atoms with Crippen LogP contribution in [0.15, 0.2) is 23.7 Å². The van der Waals surface area contributed by atoms with Gasteiger partial charge in [0.15, 0.2) is 0 Å². The molecule has 0 aromatic rings. The largest absolute Gasteiger partial charge is 1.00 e. The van der Waals surface area contributed by atoms with Gasteiger partial charge in [0.1, 0.15) is 11.5 Å². The molecule has 2 fully saturated rings. The fourth-order valence-corrected chi connectivity index (χ4v) is 4.60. The molecule has 2 amide bonds. The van der Waals surface area contributed by atoms with E-state index in [-0.39, 0.29) is 85.4 Å². The van der Waals surface area contributed by atoms with Crippen LogP contribution in [0, 0.1) is 0 Å². The van der Waals surface area contributed by atoms with Crippen LogP contribution in [-0.4, -0.2) is 65.0 Å². The van der Waals surface area contributed by atoms with Gasteiger partial charge >= 0.3 is 29.6 Å². The number of methoxy groups -OCH3 is 2. The van der Waals surface area contributed by atoms with E-state index in [0.717, 1.165) is 51.4 Å². The van der Waals surface area contributed by atoms with E-state index in [4.69, 9.17) is 9.47 Å². The van der Waals surface area contributed by atoms with Crippen molar-refractivity contribution in [2.45, 2.75) is 89.5 Å². The van der Waals surface area contributed by atoms with Crippen LogP contribution in [-0.2, 0) is 19.1 Å². The average molecular weight is 467 g/mol. The fraction of sp³-hybridized carbons (Fsp3) is 0.727. The summed E-state index contributed by atoms with van der Waals surface area (Å²) in [5.74, 6) is 0.0193. The average Bonchev–Trinajstić information content (AvgIpc) is 3.11. The number of aliphatic hydroxyl groups is 2. The number of aliphatic hydroxyl groups excluding tert-OH is 2. The number of hydrogen-bond acceptors (Lipinski definition) is 7. The molecule has 4 rings (SSSR count). The Hall–Kier alpha value is -1.10. The third-order valence-corrected chi connectivity index (χ3v) is 6.48. The fourth-order valence-electron chi connectivity index (χ4n) is 4.60. The predicted octanol–water partition coefficient (Wildman–Crippen LogP) is -0.129. The van der Waals surface area contributed by atoms with Gasteiger partial charge in [0, 0.05) is 26.4 Å². The van der Waals surface area contributed by atoms with E-state index in [1.807, 2.05) is 0 Å². The summed E-state index contributed by atoms with van der Waals surface area (Å²) in [6.07, 6.45) is 9.70. The number of carbonyl (C=O) groups is 2. The molecule has 2 spiro atoms. The summed E-state index contributed by atoms with van der Waals surface area (Å²) in [4.78, 5) is 22.2. The Labute approximate surface area is 213 Å². The maximum atomic E-state index is 11.1. The van der Waals surface area contributed by atoms with E-state index in [1.165, 1.54) is 12.2 Å². The van der Waals surface area contributed by atoms with Gasteiger partial charge in [0.25, 0.3) is 0 Å². The zero-order valence-corrected chi connectivity index (χ0v) is 19.9. The zero-order chi connectivity index (χ0) is 20.4. The number of rotatable bonds is 2. The Morgan fingerprint density at radius 3 is 1.25 bits per heavy atom. The van der Waals surface area contributed by atoms with Gasteiger partial charge in [-0.1, -0.05) is 14.9 Å². The molecular weight excluding hydrogens is 427 g/mol. The van der Waals surface area contributed by atoms with Crippen LogP contribution < -0.4 is 40.2 Å². The Morgan fingerprint density at radius 2 is 1.06 bits per heavy atom. The van der Waals surface area contributed by atoms with Crippen LogP contribution in [0.4, 0.5) is 0 Å². The van der Waals surface area contributed by atoms with Gasteiger partial charge in [-0.3, -0.25) is 9.59 Å². The first-order chi connectivity index (χ1) is 13.3. The summed E-state index contributed by atoms with van der Waals surface area (Å²) in [6.45, 7) is 0. The van der Waals surface area contributed by atoms with Crippen molar-refractivity contribution in [3.63, 3.8) is 0 Å². The Bertz CT molecular complexity index is 622. The number of nitrogens with one attached hydrogen (secondary N) is 2. The monoisotopic (exact) mass is 466 g/mol. The molecule has 2 heterocycles. The molecule has 0 radical (unpaired) electrons. The topological polar surface area (TPSA) is 147 Å². The first-order valence-electron chi connectivity index (χ1n) is 9.85. The van der Waals surface area contributed by atoms with Gasteiger partial charge in [0.2, 0.25) is 11.8 Å². The molecular formula is C22H39N2NaO7. The SMILES string of the molecule is C.C.COC1CCC2(CC1)NC(=O)C=C2O.COC1CCC2(CC1)NC(=O)C=C2O.[Na+].[OH-]. The van der Waals surface area contributed by atoms with E-state index in [9.17, 15) is 19.8 Å². The second-order valence-corrected chi connectivity index (χ2v) is 8.07. The summed E-state index contributed by atoms with van der Waals surface area (Å²) in [7, 11) is 3.40. The Balaban J connectivity index is 0. The van der Waals surface area contributed by atoms with Crippen LogP contribution in [0.5, 0.6) is 0 Å². The van der Waals surface area contributed by atoms with E-state index < -0.39 is 11.1 Å². The number of ether oxygens (including phenoxy) is 2. The Morgan fingerprint density at radius 1 is 0.781 bits per heavy atom. The number of hydrogen-bond donors (Lipinski definition) is 4. The second kappa shape index (κ2) is 13.6. The van der Waals surface area contributed by atoms with Crippen molar-refractivity contribution in [2.24, 2.45) is 0 Å². The van der Waals surface area contributed by atoms with Crippen molar-refractivity contribution >= 4 is 11.8 Å². The molecule has 10 heteroatoms. The second-order valence-electron chi connectivity index (χ2n) is 8.07. The van der Waals surface area contributed by atoms with Crippen LogP contribution in [0.3, 0.4) is 0 Å². The van der Waals surface area contributed by atoms with E-state index in [1.54, 1.807) is 14.2 Å². The molecule has 0 unspecified atom stereocenters. The molecule has 180 valence electrons. The van der Waals surface area contributed by atoms with Crippen LogP contribution in [0.2, 0.25) is 0 Å². The molecule has 0 aromatic carbocycles. The molecule has 2 aliphatic carbocycles.